The molecule has 0 fully saturated rings. The van der Waals surface area contributed by atoms with Gasteiger partial charge in [0.1, 0.15) is 11.9 Å². The van der Waals surface area contributed by atoms with E-state index in [1.165, 1.54) is 16.7 Å². The van der Waals surface area contributed by atoms with E-state index in [9.17, 15) is 0 Å². The lowest BCUT2D eigenvalue weighted by Crippen LogP contribution is -2.09. The minimum Gasteiger partial charge on any atom is -0.481 e. The molecule has 0 bridgehead atoms. The highest BCUT2D eigenvalue weighted by Crippen LogP contribution is 2.33. The van der Waals surface area contributed by atoms with Crippen molar-refractivity contribution in [1.29, 1.82) is 0 Å². The van der Waals surface area contributed by atoms with E-state index in [1.807, 2.05) is 30.3 Å². The van der Waals surface area contributed by atoms with Gasteiger partial charge in [-0.25, -0.2) is 0 Å². The topological polar surface area (TPSA) is 9.23 Å². The van der Waals surface area contributed by atoms with Crippen LogP contribution in [0.2, 0.25) is 0 Å². The van der Waals surface area contributed by atoms with Crippen LogP contribution >= 0.6 is 0 Å². The highest BCUT2D eigenvalue weighted by molar-refractivity contribution is 5.63. The van der Waals surface area contributed by atoms with E-state index in [2.05, 4.69) is 37.3 Å². The van der Waals surface area contributed by atoms with Crippen molar-refractivity contribution in [1.82, 2.24) is 0 Å². The lowest BCUT2D eigenvalue weighted by atomic mass is 10.0. The molecule has 0 aliphatic carbocycles. The smallest absolute Gasteiger partial charge is 0.142 e. The minimum atomic E-state index is 0.0329. The maximum absolute atomic E-state index is 6.01. The molecule has 0 saturated carbocycles. The van der Waals surface area contributed by atoms with Gasteiger partial charge in [-0.15, -0.1) is 0 Å². The van der Waals surface area contributed by atoms with E-state index < -0.39 is 0 Å². The first kappa shape index (κ1) is 10.2. The number of aryl methyl sites for hydroxylation is 1. The normalized spacial score (nSPS) is 17.4. The summed E-state index contributed by atoms with van der Waals surface area (Å²) >= 11 is 0. The maximum Gasteiger partial charge on any atom is 0.142 e. The summed E-state index contributed by atoms with van der Waals surface area (Å²) in [5.74, 6) is 0.973. The van der Waals surface area contributed by atoms with Gasteiger partial charge in [0.25, 0.3) is 0 Å². The summed E-state index contributed by atoms with van der Waals surface area (Å²) in [7, 11) is 0. The fourth-order valence-corrected chi connectivity index (χ4v) is 2.15. The van der Waals surface area contributed by atoms with Crippen LogP contribution in [-0.2, 0) is 0 Å². The first-order valence-corrected chi connectivity index (χ1v) is 5.84. The molecule has 0 aromatic heterocycles. The molecular weight excluding hydrogens is 208 g/mol. The molecule has 1 heterocycles. The molecule has 1 heteroatoms. The Labute approximate surface area is 101 Å². The third-order valence-corrected chi connectivity index (χ3v) is 3.10. The molecule has 0 unspecified atom stereocenters. The molecule has 17 heavy (non-hydrogen) atoms. The van der Waals surface area contributed by atoms with Gasteiger partial charge in [0.05, 0.1) is 0 Å². The lowest BCUT2D eigenvalue weighted by molar-refractivity contribution is 0.251. The van der Waals surface area contributed by atoms with Crippen LogP contribution in [0.5, 0.6) is 5.75 Å². The zero-order chi connectivity index (χ0) is 11.7. The standard InChI is InChI=1S/C16H14O/c1-12-6-5-9-16-14(12)10-11-15(17-16)13-7-3-2-4-8-13/h2-11,15H,1H3/t15-/m1/s1. The van der Waals surface area contributed by atoms with Gasteiger partial charge < -0.3 is 4.74 Å². The maximum atomic E-state index is 6.01. The quantitative estimate of drug-likeness (QED) is 0.704. The van der Waals surface area contributed by atoms with Crippen molar-refractivity contribution in [2.75, 3.05) is 0 Å². The van der Waals surface area contributed by atoms with Crippen molar-refractivity contribution in [2.45, 2.75) is 13.0 Å². The van der Waals surface area contributed by atoms with Crippen LogP contribution in [0.15, 0.2) is 54.6 Å². The summed E-state index contributed by atoms with van der Waals surface area (Å²) in [5.41, 5.74) is 3.64. The van der Waals surface area contributed by atoms with Crippen LogP contribution in [0.1, 0.15) is 22.8 Å². The van der Waals surface area contributed by atoms with Gasteiger partial charge in [0, 0.05) is 5.56 Å². The molecule has 1 nitrogen and oxygen atoms in total. The number of fused-ring (bicyclic) bond motifs is 1. The Bertz CT molecular complexity index is 555. The highest BCUT2D eigenvalue weighted by Gasteiger charge is 2.16. The molecule has 0 spiro atoms. The van der Waals surface area contributed by atoms with Gasteiger partial charge in [-0.3, -0.25) is 0 Å². The number of hydrogen-bond donors (Lipinski definition) is 0. The van der Waals surface area contributed by atoms with Crippen molar-refractivity contribution in [3.05, 3.63) is 71.3 Å². The van der Waals surface area contributed by atoms with Gasteiger partial charge in [0.15, 0.2) is 0 Å². The largest absolute Gasteiger partial charge is 0.481 e. The van der Waals surface area contributed by atoms with E-state index in [-0.39, 0.29) is 6.10 Å². The van der Waals surface area contributed by atoms with Crippen LogP contribution < -0.4 is 4.74 Å². The second kappa shape index (κ2) is 4.10. The predicted octanol–water partition coefficient (Wildman–Crippen LogP) is 4.14. The van der Waals surface area contributed by atoms with Gasteiger partial charge in [-0.05, 0) is 30.2 Å². The zero-order valence-corrected chi connectivity index (χ0v) is 9.76. The Kier molecular flexibility index (Phi) is 2.45. The number of benzene rings is 2. The molecule has 0 saturated heterocycles. The summed E-state index contributed by atoms with van der Waals surface area (Å²) in [4.78, 5) is 0. The first-order valence-electron chi connectivity index (χ1n) is 5.84. The van der Waals surface area contributed by atoms with Crippen LogP contribution in [0, 0.1) is 6.92 Å². The summed E-state index contributed by atoms with van der Waals surface area (Å²) in [6.07, 6.45) is 4.31. The Balaban J connectivity index is 1.97. The van der Waals surface area contributed by atoms with Crippen LogP contribution in [0.3, 0.4) is 0 Å². The molecule has 2 aromatic carbocycles. The van der Waals surface area contributed by atoms with Gasteiger partial charge in [-0.2, -0.15) is 0 Å². The second-order valence-electron chi connectivity index (χ2n) is 4.29. The average molecular weight is 222 g/mol. The van der Waals surface area contributed by atoms with Crippen LogP contribution in [0.25, 0.3) is 6.08 Å². The zero-order valence-electron chi connectivity index (χ0n) is 9.76. The minimum absolute atomic E-state index is 0.0329. The Morgan fingerprint density at radius 2 is 1.76 bits per heavy atom. The third kappa shape index (κ3) is 1.84. The van der Waals surface area contributed by atoms with E-state index in [0.29, 0.717) is 0 Å². The van der Waals surface area contributed by atoms with Crippen molar-refractivity contribution < 1.29 is 4.74 Å². The van der Waals surface area contributed by atoms with Crippen molar-refractivity contribution in [3.8, 4) is 5.75 Å². The van der Waals surface area contributed by atoms with E-state index >= 15 is 0 Å². The van der Waals surface area contributed by atoms with Gasteiger partial charge in [0.2, 0.25) is 0 Å². The Morgan fingerprint density at radius 1 is 0.941 bits per heavy atom. The molecule has 1 atom stereocenters. The number of ether oxygens (including phenoxy) is 1. The monoisotopic (exact) mass is 222 g/mol. The molecule has 84 valence electrons. The van der Waals surface area contributed by atoms with Crippen molar-refractivity contribution in [2.24, 2.45) is 0 Å². The van der Waals surface area contributed by atoms with Crippen LogP contribution in [0.4, 0.5) is 0 Å². The van der Waals surface area contributed by atoms with Crippen molar-refractivity contribution >= 4 is 6.08 Å². The summed E-state index contributed by atoms with van der Waals surface area (Å²) in [6, 6.07) is 16.5. The molecule has 1 aliphatic rings. The third-order valence-electron chi connectivity index (χ3n) is 3.10. The fourth-order valence-electron chi connectivity index (χ4n) is 2.15. The molecule has 1 aliphatic heterocycles. The Hall–Kier alpha value is -2.02. The summed E-state index contributed by atoms with van der Waals surface area (Å²) in [5, 5.41) is 0. The average Bonchev–Trinajstić information content (AvgIpc) is 2.40. The molecule has 3 rings (SSSR count). The highest BCUT2D eigenvalue weighted by atomic mass is 16.5. The first-order chi connectivity index (χ1) is 8.34. The molecular formula is C16H14O. The fraction of sp³-hybridized carbons (Fsp3) is 0.125. The second-order valence-corrected chi connectivity index (χ2v) is 4.29. The number of hydrogen-bond acceptors (Lipinski definition) is 1. The SMILES string of the molecule is Cc1cccc2c1C=C[C@H](c1ccccc1)O2. The Morgan fingerprint density at radius 3 is 2.59 bits per heavy atom. The van der Waals surface area contributed by atoms with Crippen LogP contribution in [-0.4, -0.2) is 0 Å². The van der Waals surface area contributed by atoms with Gasteiger partial charge >= 0.3 is 0 Å². The molecule has 0 amide bonds. The van der Waals surface area contributed by atoms with Crippen molar-refractivity contribution in [3.63, 3.8) is 0 Å². The molecule has 2 aromatic rings. The number of rotatable bonds is 1. The lowest BCUT2D eigenvalue weighted by Gasteiger charge is -2.22. The molecule has 0 N–H and O–H groups in total. The predicted molar refractivity (Wildman–Crippen MR) is 70.0 cm³/mol. The van der Waals surface area contributed by atoms with E-state index in [4.69, 9.17) is 4.74 Å². The summed E-state index contributed by atoms with van der Waals surface area (Å²) < 4.78 is 6.01. The van der Waals surface area contributed by atoms with E-state index in [0.717, 1.165) is 5.75 Å². The molecule has 0 radical (unpaired) electrons. The summed E-state index contributed by atoms with van der Waals surface area (Å²) in [6.45, 7) is 2.11. The van der Waals surface area contributed by atoms with Gasteiger partial charge in [-0.1, -0.05) is 48.5 Å². The van der Waals surface area contributed by atoms with E-state index in [1.54, 1.807) is 0 Å².